The van der Waals surface area contributed by atoms with Crippen molar-refractivity contribution in [2.75, 3.05) is 7.11 Å². The van der Waals surface area contributed by atoms with Crippen molar-refractivity contribution in [2.24, 2.45) is 5.73 Å². The third-order valence-corrected chi connectivity index (χ3v) is 7.57. The molecule has 2 saturated heterocycles. The zero-order valence-corrected chi connectivity index (χ0v) is 16.8. The van der Waals surface area contributed by atoms with E-state index in [9.17, 15) is 13.2 Å². The monoisotopic (exact) mass is 417 g/mol. The fraction of sp³-hybridized carbons (Fsp3) is 0.400. The highest BCUT2D eigenvalue weighted by atomic mass is 32.2. The number of hydrogen-bond acceptors (Lipinski definition) is 6. The van der Waals surface area contributed by atoms with Gasteiger partial charge in [-0.15, -0.1) is 0 Å². The van der Waals surface area contributed by atoms with Crippen molar-refractivity contribution in [1.29, 1.82) is 0 Å². The molecule has 2 N–H and O–H groups in total. The first-order valence-corrected chi connectivity index (χ1v) is 10.9. The maximum atomic E-state index is 13.4. The lowest BCUT2D eigenvalue weighted by Gasteiger charge is -2.37. The molecule has 0 radical (unpaired) electrons. The summed E-state index contributed by atoms with van der Waals surface area (Å²) in [5.74, 6) is 0.211. The molecule has 0 spiro atoms. The average molecular weight is 417 g/mol. The predicted octanol–water partition coefficient (Wildman–Crippen LogP) is 1.95. The Bertz CT molecular complexity index is 998. The summed E-state index contributed by atoms with van der Waals surface area (Å²) in [6, 6.07) is 7.60. The first-order valence-electron chi connectivity index (χ1n) is 9.48. The molecule has 2 aliphatic rings. The number of primary amides is 1. The molecule has 154 valence electrons. The number of ether oxygens (including phenoxy) is 2. The quantitative estimate of drug-likeness (QED) is 0.769. The predicted molar refractivity (Wildman–Crippen MR) is 105 cm³/mol. The van der Waals surface area contributed by atoms with Gasteiger partial charge in [0.1, 0.15) is 17.6 Å². The summed E-state index contributed by atoms with van der Waals surface area (Å²) >= 11 is 0. The van der Waals surface area contributed by atoms with E-state index < -0.39 is 15.9 Å². The van der Waals surface area contributed by atoms with E-state index in [1.165, 1.54) is 25.3 Å². The summed E-state index contributed by atoms with van der Waals surface area (Å²) in [6.07, 6.45) is 6.09. The third kappa shape index (κ3) is 3.67. The van der Waals surface area contributed by atoms with E-state index in [1.54, 1.807) is 16.7 Å². The van der Waals surface area contributed by atoms with E-state index in [4.69, 9.17) is 15.2 Å². The van der Waals surface area contributed by atoms with Crippen molar-refractivity contribution in [3.05, 3.63) is 48.3 Å². The number of carbonyl (C=O) groups excluding carboxylic acids is 1. The molecule has 8 nitrogen and oxygen atoms in total. The number of amides is 1. The number of fused-ring (bicyclic) bond motifs is 2. The number of rotatable bonds is 6. The second kappa shape index (κ2) is 7.64. The van der Waals surface area contributed by atoms with Gasteiger partial charge in [0.15, 0.2) is 0 Å². The van der Waals surface area contributed by atoms with Crippen LogP contribution in [0.25, 0.3) is 0 Å². The second-order valence-electron chi connectivity index (χ2n) is 7.35. The molecule has 2 unspecified atom stereocenters. The molecule has 1 aromatic carbocycles. The number of benzene rings is 1. The molecule has 0 saturated carbocycles. The molecule has 29 heavy (non-hydrogen) atoms. The van der Waals surface area contributed by atoms with E-state index in [0.717, 1.165) is 12.8 Å². The molecule has 0 aliphatic carbocycles. The van der Waals surface area contributed by atoms with E-state index in [0.29, 0.717) is 18.6 Å². The average Bonchev–Trinajstić information content (AvgIpc) is 3.00. The van der Waals surface area contributed by atoms with Crippen LogP contribution in [0.4, 0.5) is 0 Å². The van der Waals surface area contributed by atoms with Gasteiger partial charge in [-0.2, -0.15) is 4.31 Å². The Labute approximate surface area is 169 Å². The van der Waals surface area contributed by atoms with Crippen LogP contribution in [0.15, 0.2) is 47.6 Å². The molecule has 2 aromatic rings. The summed E-state index contributed by atoms with van der Waals surface area (Å²) < 4.78 is 39.5. The van der Waals surface area contributed by atoms with Crippen molar-refractivity contribution in [2.45, 2.75) is 48.8 Å². The summed E-state index contributed by atoms with van der Waals surface area (Å²) in [6.45, 7) is 0. The van der Waals surface area contributed by atoms with Gasteiger partial charge in [-0.05, 0) is 43.2 Å². The molecular weight excluding hydrogens is 394 g/mol. The van der Waals surface area contributed by atoms with Crippen LogP contribution in [0, 0.1) is 0 Å². The van der Waals surface area contributed by atoms with Crippen molar-refractivity contribution < 1.29 is 22.7 Å². The number of nitrogens with two attached hydrogens (primary N) is 1. The summed E-state index contributed by atoms with van der Waals surface area (Å²) in [4.78, 5) is 15.8. The minimum absolute atomic E-state index is 0.0515. The van der Waals surface area contributed by atoms with Crippen LogP contribution in [0.3, 0.4) is 0 Å². The molecule has 1 aromatic heterocycles. The van der Waals surface area contributed by atoms with Crippen molar-refractivity contribution in [1.82, 2.24) is 9.29 Å². The van der Waals surface area contributed by atoms with Gasteiger partial charge >= 0.3 is 0 Å². The van der Waals surface area contributed by atoms with E-state index >= 15 is 0 Å². The SMILES string of the molecule is COc1ccc(S(=O)(=O)N2C3CCC2CC(Oc2cccnc2)C3)cc1C(N)=O. The number of methoxy groups -OCH3 is 1. The molecule has 1 amide bonds. The van der Waals surface area contributed by atoms with Crippen LogP contribution >= 0.6 is 0 Å². The minimum Gasteiger partial charge on any atom is -0.496 e. The van der Waals surface area contributed by atoms with Crippen LogP contribution in [0.2, 0.25) is 0 Å². The summed E-state index contributed by atoms with van der Waals surface area (Å²) in [7, 11) is -2.37. The number of hydrogen-bond donors (Lipinski definition) is 1. The smallest absolute Gasteiger partial charge is 0.252 e. The van der Waals surface area contributed by atoms with Gasteiger partial charge in [0.2, 0.25) is 10.0 Å². The second-order valence-corrected chi connectivity index (χ2v) is 9.19. The molecule has 2 fully saturated rings. The number of nitrogens with zero attached hydrogens (tertiary/aromatic N) is 2. The van der Waals surface area contributed by atoms with Crippen molar-refractivity contribution in [3.63, 3.8) is 0 Å². The van der Waals surface area contributed by atoms with Gasteiger partial charge in [0.25, 0.3) is 5.91 Å². The largest absolute Gasteiger partial charge is 0.496 e. The highest BCUT2D eigenvalue weighted by molar-refractivity contribution is 7.89. The molecule has 4 rings (SSSR count). The number of aromatic nitrogens is 1. The maximum absolute atomic E-state index is 13.4. The van der Waals surface area contributed by atoms with E-state index in [-0.39, 0.29) is 34.4 Å². The first-order chi connectivity index (χ1) is 13.9. The van der Waals surface area contributed by atoms with Gasteiger partial charge in [-0.25, -0.2) is 8.42 Å². The van der Waals surface area contributed by atoms with Gasteiger partial charge in [-0.1, -0.05) is 0 Å². The zero-order valence-electron chi connectivity index (χ0n) is 16.0. The topological polar surface area (TPSA) is 112 Å². The minimum atomic E-state index is -3.77. The lowest BCUT2D eigenvalue weighted by molar-refractivity contribution is 0.0953. The number of carbonyl (C=O) groups is 1. The highest BCUT2D eigenvalue weighted by Gasteiger charge is 2.48. The number of pyridine rings is 1. The standard InChI is InChI=1S/C20H23N3O5S/c1-27-19-7-6-17(11-18(19)20(21)24)29(25,26)23-13-4-5-14(23)10-16(9-13)28-15-3-2-8-22-12-15/h2-3,6-8,11-14,16H,4-5,9-10H2,1H3,(H2,21,24). The Morgan fingerprint density at radius 1 is 1.21 bits per heavy atom. The fourth-order valence-corrected chi connectivity index (χ4v) is 6.26. The molecule has 2 atom stereocenters. The normalized spacial score (nSPS) is 24.2. The van der Waals surface area contributed by atoms with Crippen LogP contribution in [-0.2, 0) is 10.0 Å². The Balaban J connectivity index is 1.58. The molecule has 9 heteroatoms. The van der Waals surface area contributed by atoms with Crippen LogP contribution < -0.4 is 15.2 Å². The number of sulfonamides is 1. The fourth-order valence-electron chi connectivity index (χ4n) is 4.34. The van der Waals surface area contributed by atoms with Gasteiger partial charge in [0, 0.05) is 31.1 Å². The zero-order chi connectivity index (χ0) is 20.6. The van der Waals surface area contributed by atoms with Crippen LogP contribution in [0.1, 0.15) is 36.0 Å². The van der Waals surface area contributed by atoms with Crippen molar-refractivity contribution >= 4 is 15.9 Å². The molecular formula is C20H23N3O5S. The van der Waals surface area contributed by atoms with E-state index in [1.807, 2.05) is 12.1 Å². The molecule has 2 aliphatic heterocycles. The molecule has 3 heterocycles. The summed E-state index contributed by atoms with van der Waals surface area (Å²) in [5.41, 5.74) is 5.44. The summed E-state index contributed by atoms with van der Waals surface area (Å²) in [5, 5.41) is 0. The Morgan fingerprint density at radius 2 is 1.93 bits per heavy atom. The lowest BCUT2D eigenvalue weighted by atomic mass is 10.0. The van der Waals surface area contributed by atoms with Crippen LogP contribution in [-0.4, -0.2) is 48.9 Å². The van der Waals surface area contributed by atoms with Gasteiger partial charge in [0.05, 0.1) is 23.8 Å². The Hall–Kier alpha value is -2.65. The van der Waals surface area contributed by atoms with Crippen LogP contribution in [0.5, 0.6) is 11.5 Å². The highest BCUT2D eigenvalue weighted by Crippen LogP contribution is 2.41. The maximum Gasteiger partial charge on any atom is 0.252 e. The first kappa shape index (κ1) is 19.7. The van der Waals surface area contributed by atoms with E-state index in [2.05, 4.69) is 4.98 Å². The third-order valence-electron chi connectivity index (χ3n) is 5.57. The Kier molecular flexibility index (Phi) is 5.18. The number of piperidine rings is 1. The van der Waals surface area contributed by atoms with Crippen molar-refractivity contribution in [3.8, 4) is 11.5 Å². The molecule has 2 bridgehead atoms. The van der Waals surface area contributed by atoms with Gasteiger partial charge in [-0.3, -0.25) is 9.78 Å². The van der Waals surface area contributed by atoms with Gasteiger partial charge < -0.3 is 15.2 Å². The lowest BCUT2D eigenvalue weighted by Crippen LogP contribution is -2.49. The Morgan fingerprint density at radius 3 is 2.52 bits per heavy atom.